The lowest BCUT2D eigenvalue weighted by Gasteiger charge is -2.20. The molecule has 0 bridgehead atoms. The summed E-state index contributed by atoms with van der Waals surface area (Å²) in [5.74, 6) is 6.88. The summed E-state index contributed by atoms with van der Waals surface area (Å²) in [5.41, 5.74) is 4.22. The molecular formula is C32H26O2. The van der Waals surface area contributed by atoms with Gasteiger partial charge in [0.15, 0.2) is 0 Å². The fraction of sp³-hybridized carbons (Fsp3) is 0.125. The van der Waals surface area contributed by atoms with Crippen molar-refractivity contribution in [3.8, 4) is 36.2 Å². The maximum absolute atomic E-state index is 5.93. The van der Waals surface area contributed by atoms with Crippen molar-refractivity contribution in [1.82, 2.24) is 0 Å². The average Bonchev–Trinajstić information content (AvgIpc) is 2.91. The van der Waals surface area contributed by atoms with Crippen molar-refractivity contribution in [3.05, 3.63) is 131 Å². The van der Waals surface area contributed by atoms with Crippen molar-refractivity contribution in [2.24, 2.45) is 0 Å². The highest BCUT2D eigenvalue weighted by atomic mass is 16.5. The fourth-order valence-electron chi connectivity index (χ4n) is 3.79. The van der Waals surface area contributed by atoms with Gasteiger partial charge in [-0.2, -0.15) is 0 Å². The van der Waals surface area contributed by atoms with Crippen LogP contribution in [0.1, 0.15) is 34.1 Å². The van der Waals surface area contributed by atoms with E-state index >= 15 is 0 Å². The summed E-state index contributed by atoms with van der Waals surface area (Å²) in [5, 5.41) is 0. The van der Waals surface area contributed by atoms with Gasteiger partial charge < -0.3 is 9.47 Å². The lowest BCUT2D eigenvalue weighted by Crippen LogP contribution is -2.08. The van der Waals surface area contributed by atoms with Crippen LogP contribution in [0, 0.1) is 24.7 Å². The smallest absolute Gasteiger partial charge is 0.119 e. The number of terminal acetylenes is 2. The second-order valence-electron chi connectivity index (χ2n) is 7.98. The molecule has 0 aliphatic rings. The third-order valence-electron chi connectivity index (χ3n) is 5.67. The molecule has 0 aliphatic carbocycles. The molecule has 34 heavy (non-hydrogen) atoms. The molecule has 0 radical (unpaired) electrons. The van der Waals surface area contributed by atoms with E-state index < -0.39 is 0 Å². The van der Waals surface area contributed by atoms with Crippen molar-refractivity contribution in [3.63, 3.8) is 0 Å². The number of hydrogen-bond acceptors (Lipinski definition) is 2. The van der Waals surface area contributed by atoms with Gasteiger partial charge in [-0.05, 0) is 46.5 Å². The van der Waals surface area contributed by atoms with Crippen molar-refractivity contribution in [2.45, 2.75) is 25.0 Å². The van der Waals surface area contributed by atoms with Crippen molar-refractivity contribution in [1.29, 1.82) is 0 Å². The molecule has 4 aromatic rings. The normalized spacial score (nSPS) is 12.1. The van der Waals surface area contributed by atoms with Crippen LogP contribution in [-0.4, -0.2) is 0 Å². The summed E-state index contributed by atoms with van der Waals surface area (Å²) < 4.78 is 11.8. The molecule has 4 aromatic carbocycles. The maximum Gasteiger partial charge on any atom is 0.119 e. The van der Waals surface area contributed by atoms with E-state index in [-0.39, 0.29) is 11.8 Å². The molecule has 2 heteroatoms. The Balaban J connectivity index is 1.41. The fourth-order valence-corrected chi connectivity index (χ4v) is 3.79. The first-order chi connectivity index (χ1) is 16.8. The maximum atomic E-state index is 5.93. The van der Waals surface area contributed by atoms with E-state index in [1.54, 1.807) is 0 Å². The van der Waals surface area contributed by atoms with Gasteiger partial charge in [-0.1, -0.05) is 96.8 Å². The lowest BCUT2D eigenvalue weighted by atomic mass is 9.82. The Kier molecular flexibility index (Phi) is 7.68. The van der Waals surface area contributed by atoms with Crippen LogP contribution >= 0.6 is 0 Å². The lowest BCUT2D eigenvalue weighted by molar-refractivity contribution is 0.306. The Morgan fingerprint density at radius 2 is 0.853 bits per heavy atom. The number of rotatable bonds is 9. The molecule has 2 atom stereocenters. The average molecular weight is 443 g/mol. The van der Waals surface area contributed by atoms with Crippen LogP contribution < -0.4 is 9.47 Å². The van der Waals surface area contributed by atoms with E-state index in [0.29, 0.717) is 13.2 Å². The third kappa shape index (κ3) is 5.89. The summed E-state index contributed by atoms with van der Waals surface area (Å²) in [6, 6.07) is 35.9. The highest BCUT2D eigenvalue weighted by Gasteiger charge is 2.21. The van der Waals surface area contributed by atoms with Gasteiger partial charge >= 0.3 is 0 Å². The van der Waals surface area contributed by atoms with Crippen molar-refractivity contribution in [2.75, 3.05) is 0 Å². The molecule has 0 unspecified atom stereocenters. The predicted molar refractivity (Wildman–Crippen MR) is 138 cm³/mol. The molecule has 0 N–H and O–H groups in total. The molecule has 0 saturated heterocycles. The number of ether oxygens (including phenoxy) is 2. The molecule has 0 spiro atoms. The number of benzene rings is 4. The minimum absolute atomic E-state index is 0.246. The van der Waals surface area contributed by atoms with E-state index in [1.807, 2.05) is 109 Å². The molecule has 0 heterocycles. The van der Waals surface area contributed by atoms with E-state index in [1.165, 1.54) is 0 Å². The molecule has 0 saturated carbocycles. The van der Waals surface area contributed by atoms with Crippen molar-refractivity contribution >= 4 is 0 Å². The molecular weight excluding hydrogens is 416 g/mol. The Morgan fingerprint density at radius 3 is 1.18 bits per heavy atom. The van der Waals surface area contributed by atoms with Crippen LogP contribution in [0.25, 0.3) is 0 Å². The van der Waals surface area contributed by atoms with Crippen LogP contribution in [0.15, 0.2) is 109 Å². The zero-order chi connectivity index (χ0) is 23.6. The van der Waals surface area contributed by atoms with Gasteiger partial charge in [0.05, 0.1) is 11.8 Å². The molecule has 2 nitrogen and oxygen atoms in total. The van der Waals surface area contributed by atoms with E-state index in [2.05, 4.69) is 11.8 Å². The molecule has 0 aromatic heterocycles. The molecule has 0 fully saturated rings. The first kappa shape index (κ1) is 22.8. The molecule has 166 valence electrons. The summed E-state index contributed by atoms with van der Waals surface area (Å²) in [6.07, 6.45) is 11.9. The molecule has 4 rings (SSSR count). The third-order valence-corrected chi connectivity index (χ3v) is 5.67. The predicted octanol–water partition coefficient (Wildman–Crippen LogP) is 6.98. The van der Waals surface area contributed by atoms with Crippen LogP contribution in [0.4, 0.5) is 0 Å². The van der Waals surface area contributed by atoms with E-state index in [0.717, 1.165) is 33.8 Å². The van der Waals surface area contributed by atoms with Crippen LogP contribution in [0.2, 0.25) is 0 Å². The number of hydrogen-bond donors (Lipinski definition) is 0. The summed E-state index contributed by atoms with van der Waals surface area (Å²) in [4.78, 5) is 0. The van der Waals surface area contributed by atoms with Gasteiger partial charge in [-0.15, -0.1) is 12.8 Å². The van der Waals surface area contributed by atoms with Gasteiger partial charge in [0, 0.05) is 0 Å². The van der Waals surface area contributed by atoms with E-state index in [9.17, 15) is 0 Å². The van der Waals surface area contributed by atoms with Crippen molar-refractivity contribution < 1.29 is 9.47 Å². The molecule has 0 amide bonds. The Hall–Kier alpha value is -4.40. The van der Waals surface area contributed by atoms with Gasteiger partial charge in [0.2, 0.25) is 0 Å². The minimum Gasteiger partial charge on any atom is -0.489 e. The zero-order valence-corrected chi connectivity index (χ0v) is 18.9. The summed E-state index contributed by atoms with van der Waals surface area (Å²) in [6.45, 7) is 1.04. The molecule has 0 aliphatic heterocycles. The zero-order valence-electron chi connectivity index (χ0n) is 18.9. The van der Waals surface area contributed by atoms with Gasteiger partial charge in [-0.3, -0.25) is 0 Å². The highest BCUT2D eigenvalue weighted by Crippen LogP contribution is 2.34. The topological polar surface area (TPSA) is 18.5 Å². The van der Waals surface area contributed by atoms with Gasteiger partial charge in [0.1, 0.15) is 24.7 Å². The van der Waals surface area contributed by atoms with Gasteiger partial charge in [-0.25, -0.2) is 0 Å². The van der Waals surface area contributed by atoms with Gasteiger partial charge in [0.25, 0.3) is 0 Å². The minimum atomic E-state index is -0.246. The summed E-state index contributed by atoms with van der Waals surface area (Å²) >= 11 is 0. The largest absolute Gasteiger partial charge is 0.489 e. The monoisotopic (exact) mass is 442 g/mol. The first-order valence-electron chi connectivity index (χ1n) is 11.2. The first-order valence-corrected chi connectivity index (χ1v) is 11.2. The van der Waals surface area contributed by atoms with Crippen LogP contribution in [0.3, 0.4) is 0 Å². The second kappa shape index (κ2) is 11.5. The van der Waals surface area contributed by atoms with E-state index in [4.69, 9.17) is 22.3 Å². The quantitative estimate of drug-likeness (QED) is 0.260. The Bertz CT molecular complexity index is 1140. The Morgan fingerprint density at radius 1 is 0.500 bits per heavy atom. The standard InChI is InChI=1S/C32H26O2/c1-3-31(27-15-19-29(20-16-27)33-23-25-11-7-5-8-12-25)32(4-2)28-17-21-30(22-18-28)34-24-26-13-9-6-10-14-26/h1-2,5-22,31-32H,23-24H2/t31-,32+. The summed E-state index contributed by atoms with van der Waals surface area (Å²) in [7, 11) is 0. The SMILES string of the molecule is C#C[C@H](c1ccc(OCc2ccccc2)cc1)[C@@H](C#C)c1ccc(OCc2ccccc2)cc1. The second-order valence-corrected chi connectivity index (χ2v) is 7.98. The Labute approximate surface area is 202 Å². The highest BCUT2D eigenvalue weighted by molar-refractivity contribution is 5.42. The van der Waals surface area contributed by atoms with Crippen LogP contribution in [0.5, 0.6) is 11.5 Å². The van der Waals surface area contributed by atoms with Crippen LogP contribution in [-0.2, 0) is 13.2 Å².